The van der Waals surface area contributed by atoms with Gasteiger partial charge in [0.2, 0.25) is 0 Å². The zero-order valence-corrected chi connectivity index (χ0v) is 8.81. The Hall–Kier alpha value is -0.220. The third-order valence-corrected chi connectivity index (χ3v) is 3.47. The van der Waals surface area contributed by atoms with Crippen LogP contribution >= 0.6 is 11.8 Å². The highest BCUT2D eigenvalue weighted by Crippen LogP contribution is 2.28. The Balaban J connectivity index is 2.09. The molecule has 1 rings (SSSR count). The van der Waals surface area contributed by atoms with Gasteiger partial charge in [-0.3, -0.25) is 4.79 Å². The molecule has 2 atom stereocenters. The minimum Gasteiger partial charge on any atom is -0.465 e. The fraction of sp³-hybridized carbons (Fsp3) is 0.889. The van der Waals surface area contributed by atoms with Gasteiger partial charge in [-0.25, -0.2) is 0 Å². The van der Waals surface area contributed by atoms with E-state index in [1.807, 2.05) is 6.92 Å². The van der Waals surface area contributed by atoms with Crippen LogP contribution in [0.25, 0.3) is 0 Å². The molecule has 0 saturated heterocycles. The molecule has 1 aliphatic carbocycles. The Kier molecular flexibility index (Phi) is 4.59. The van der Waals surface area contributed by atoms with E-state index in [-0.39, 0.29) is 5.97 Å². The molecule has 0 spiro atoms. The second kappa shape index (κ2) is 5.50. The van der Waals surface area contributed by atoms with Crippen molar-refractivity contribution >= 4 is 17.7 Å². The van der Waals surface area contributed by atoms with Crippen molar-refractivity contribution in [2.75, 3.05) is 12.4 Å². The van der Waals surface area contributed by atoms with Crippen LogP contribution in [0.5, 0.6) is 0 Å². The summed E-state index contributed by atoms with van der Waals surface area (Å²) in [6.45, 7) is 2.30. The van der Waals surface area contributed by atoms with E-state index < -0.39 is 0 Å². The summed E-state index contributed by atoms with van der Waals surface area (Å²) in [7, 11) is 0. The number of hydrogen-bond donors (Lipinski definition) is 1. The van der Waals surface area contributed by atoms with Crippen molar-refractivity contribution in [1.82, 2.24) is 0 Å². The summed E-state index contributed by atoms with van der Waals surface area (Å²) in [5.74, 6) is 0.374. The first kappa shape index (κ1) is 10.9. The van der Waals surface area contributed by atoms with E-state index in [1.54, 1.807) is 11.8 Å². The van der Waals surface area contributed by atoms with Gasteiger partial charge in [0.25, 0.3) is 0 Å². The molecule has 0 aliphatic heterocycles. The first-order chi connectivity index (χ1) is 6.22. The second-order valence-corrected chi connectivity index (χ2v) is 4.60. The molecule has 76 valence electrons. The lowest BCUT2D eigenvalue weighted by Gasteiger charge is -2.07. The van der Waals surface area contributed by atoms with Crippen LogP contribution in [-0.2, 0) is 9.53 Å². The molecule has 0 amide bonds. The normalized spacial score (nSPS) is 27.5. The standard InChI is InChI=1S/C9H17NO2S/c1-2-12-9(11)6-13-8-4-3-7(10)5-8/h7-8H,2-6,10H2,1H3. The largest absolute Gasteiger partial charge is 0.465 e. The minimum atomic E-state index is -0.104. The molecule has 0 radical (unpaired) electrons. The van der Waals surface area contributed by atoms with Crippen LogP contribution in [-0.4, -0.2) is 29.6 Å². The number of carbonyl (C=O) groups excluding carboxylic acids is 1. The lowest BCUT2D eigenvalue weighted by atomic mass is 10.3. The lowest BCUT2D eigenvalue weighted by Crippen LogP contribution is -2.16. The average molecular weight is 203 g/mol. The number of nitrogens with two attached hydrogens (primary N) is 1. The topological polar surface area (TPSA) is 52.3 Å². The molecule has 2 N–H and O–H groups in total. The SMILES string of the molecule is CCOC(=O)CSC1CCC(N)C1. The molecule has 0 aromatic heterocycles. The Bertz CT molecular complexity index is 175. The molecule has 2 unspecified atom stereocenters. The van der Waals surface area contributed by atoms with Crippen molar-refractivity contribution in [3.8, 4) is 0 Å². The van der Waals surface area contributed by atoms with E-state index in [0.29, 0.717) is 23.7 Å². The summed E-state index contributed by atoms with van der Waals surface area (Å²) in [5.41, 5.74) is 5.76. The number of thioether (sulfide) groups is 1. The molecule has 0 aromatic rings. The molecular formula is C9H17NO2S. The monoisotopic (exact) mass is 203 g/mol. The maximum Gasteiger partial charge on any atom is 0.315 e. The predicted octanol–water partition coefficient (Wildman–Crippen LogP) is 1.16. The molecule has 0 heterocycles. The van der Waals surface area contributed by atoms with Crippen LogP contribution in [0.2, 0.25) is 0 Å². The van der Waals surface area contributed by atoms with Gasteiger partial charge in [-0.2, -0.15) is 0 Å². The third kappa shape index (κ3) is 4.00. The highest BCUT2D eigenvalue weighted by atomic mass is 32.2. The van der Waals surface area contributed by atoms with Crippen molar-refractivity contribution < 1.29 is 9.53 Å². The molecule has 4 heteroatoms. The summed E-state index contributed by atoms with van der Waals surface area (Å²) in [5, 5.41) is 0.569. The van der Waals surface area contributed by atoms with Crippen molar-refractivity contribution in [2.24, 2.45) is 5.73 Å². The smallest absolute Gasteiger partial charge is 0.315 e. The zero-order valence-electron chi connectivity index (χ0n) is 7.99. The quantitative estimate of drug-likeness (QED) is 0.697. The Morgan fingerprint density at radius 2 is 2.38 bits per heavy atom. The van der Waals surface area contributed by atoms with Gasteiger partial charge in [-0.05, 0) is 26.2 Å². The first-order valence-electron chi connectivity index (χ1n) is 4.75. The summed E-state index contributed by atoms with van der Waals surface area (Å²) >= 11 is 1.68. The van der Waals surface area contributed by atoms with E-state index >= 15 is 0 Å². The maximum atomic E-state index is 11.0. The maximum absolute atomic E-state index is 11.0. The molecule has 0 bridgehead atoms. The fourth-order valence-corrected chi connectivity index (χ4v) is 2.65. The molecule has 1 fully saturated rings. The molecule has 1 aliphatic rings. The average Bonchev–Trinajstić information content (AvgIpc) is 2.49. The number of hydrogen-bond acceptors (Lipinski definition) is 4. The lowest BCUT2D eigenvalue weighted by molar-refractivity contribution is -0.139. The minimum absolute atomic E-state index is 0.104. The number of ether oxygens (including phenoxy) is 1. The van der Waals surface area contributed by atoms with Crippen LogP contribution in [0, 0.1) is 0 Å². The van der Waals surface area contributed by atoms with Crippen LogP contribution in [0.3, 0.4) is 0 Å². The van der Waals surface area contributed by atoms with E-state index in [1.165, 1.54) is 0 Å². The van der Waals surface area contributed by atoms with Crippen LogP contribution in [0.4, 0.5) is 0 Å². The summed E-state index contributed by atoms with van der Waals surface area (Å²) in [4.78, 5) is 11.0. The van der Waals surface area contributed by atoms with Crippen molar-refractivity contribution in [2.45, 2.75) is 37.5 Å². The van der Waals surface area contributed by atoms with Gasteiger partial charge >= 0.3 is 5.97 Å². The Morgan fingerprint density at radius 3 is 2.92 bits per heavy atom. The Labute approximate surface area is 83.4 Å². The second-order valence-electron chi connectivity index (χ2n) is 3.31. The van der Waals surface area contributed by atoms with E-state index in [4.69, 9.17) is 10.5 Å². The number of esters is 1. The summed E-state index contributed by atoms with van der Waals surface area (Å²) < 4.78 is 4.84. The summed E-state index contributed by atoms with van der Waals surface area (Å²) in [6, 6.07) is 0.347. The van der Waals surface area contributed by atoms with Gasteiger partial charge in [-0.1, -0.05) is 0 Å². The highest BCUT2D eigenvalue weighted by molar-refractivity contribution is 8.00. The van der Waals surface area contributed by atoms with E-state index in [9.17, 15) is 4.79 Å². The van der Waals surface area contributed by atoms with Crippen molar-refractivity contribution in [1.29, 1.82) is 0 Å². The number of rotatable bonds is 4. The van der Waals surface area contributed by atoms with Gasteiger partial charge in [-0.15, -0.1) is 11.8 Å². The molecule has 0 aromatic carbocycles. The van der Waals surface area contributed by atoms with Gasteiger partial charge < -0.3 is 10.5 Å². The van der Waals surface area contributed by atoms with E-state index in [2.05, 4.69) is 0 Å². The van der Waals surface area contributed by atoms with E-state index in [0.717, 1.165) is 19.3 Å². The van der Waals surface area contributed by atoms with Crippen LogP contribution in [0.1, 0.15) is 26.2 Å². The zero-order chi connectivity index (χ0) is 9.68. The molecule has 13 heavy (non-hydrogen) atoms. The summed E-state index contributed by atoms with van der Waals surface area (Å²) in [6.07, 6.45) is 3.29. The van der Waals surface area contributed by atoms with Gasteiger partial charge in [0.15, 0.2) is 0 Å². The Morgan fingerprint density at radius 1 is 1.62 bits per heavy atom. The van der Waals surface area contributed by atoms with Crippen molar-refractivity contribution in [3.05, 3.63) is 0 Å². The van der Waals surface area contributed by atoms with Gasteiger partial charge in [0, 0.05) is 11.3 Å². The molecular weight excluding hydrogens is 186 g/mol. The highest BCUT2D eigenvalue weighted by Gasteiger charge is 2.22. The molecule has 3 nitrogen and oxygen atoms in total. The third-order valence-electron chi connectivity index (χ3n) is 2.17. The van der Waals surface area contributed by atoms with Gasteiger partial charge in [0.1, 0.15) is 0 Å². The van der Waals surface area contributed by atoms with Crippen LogP contribution in [0.15, 0.2) is 0 Å². The first-order valence-corrected chi connectivity index (χ1v) is 5.80. The number of carbonyl (C=O) groups is 1. The predicted molar refractivity (Wildman–Crippen MR) is 54.7 cm³/mol. The van der Waals surface area contributed by atoms with Crippen LogP contribution < -0.4 is 5.73 Å². The fourth-order valence-electron chi connectivity index (χ4n) is 1.51. The van der Waals surface area contributed by atoms with Gasteiger partial charge in [0.05, 0.1) is 12.4 Å². The van der Waals surface area contributed by atoms with Crippen molar-refractivity contribution in [3.63, 3.8) is 0 Å². The molecule has 1 saturated carbocycles.